The molecule has 0 aliphatic heterocycles. The minimum absolute atomic E-state index is 0. The number of pyridine rings is 1. The van der Waals surface area contributed by atoms with Gasteiger partial charge in [-0.3, -0.25) is 4.79 Å². The van der Waals surface area contributed by atoms with Gasteiger partial charge < -0.3 is 4.98 Å². The molecule has 0 fully saturated rings. The van der Waals surface area contributed by atoms with Crippen LogP contribution in [0.4, 0.5) is 0 Å². The van der Waals surface area contributed by atoms with Gasteiger partial charge in [-0.05, 0) is 6.07 Å². The van der Waals surface area contributed by atoms with Crippen LogP contribution in [0, 0.1) is 0 Å². The summed E-state index contributed by atoms with van der Waals surface area (Å²) in [5, 5.41) is 0. The van der Waals surface area contributed by atoms with E-state index in [1.165, 1.54) is 6.07 Å². The Kier molecular flexibility index (Phi) is 3.42. The fraction of sp³-hybridized carbons (Fsp3) is 0. The van der Waals surface area contributed by atoms with Crippen LogP contribution in [-0.4, -0.2) is 4.98 Å². The van der Waals surface area contributed by atoms with Gasteiger partial charge in [0.1, 0.15) is 0 Å². The SMILES string of the molecule is O=c1cccc[nH]1.[Pd]. The summed E-state index contributed by atoms with van der Waals surface area (Å²) in [7, 11) is 0. The van der Waals surface area contributed by atoms with Crippen molar-refractivity contribution in [3.63, 3.8) is 0 Å². The van der Waals surface area contributed by atoms with Crippen molar-refractivity contribution in [1.29, 1.82) is 0 Å². The molecule has 0 aliphatic rings. The van der Waals surface area contributed by atoms with E-state index in [-0.39, 0.29) is 26.0 Å². The number of hydrogen-bond acceptors (Lipinski definition) is 1. The fourth-order valence-corrected chi connectivity index (χ4v) is 0.377. The molecule has 0 radical (unpaired) electrons. The molecule has 1 aromatic heterocycles. The Balaban J connectivity index is 0.000000490. The summed E-state index contributed by atoms with van der Waals surface area (Å²) in [6, 6.07) is 4.93. The summed E-state index contributed by atoms with van der Waals surface area (Å²) >= 11 is 0. The van der Waals surface area contributed by atoms with Gasteiger partial charge in [0.25, 0.3) is 0 Å². The average molecular weight is 202 g/mol. The number of aromatic amines is 1. The minimum Gasteiger partial charge on any atom is -0.329 e. The maximum Gasteiger partial charge on any atom is 0.247 e. The van der Waals surface area contributed by atoms with Gasteiger partial charge in [0, 0.05) is 32.7 Å². The van der Waals surface area contributed by atoms with Crippen molar-refractivity contribution < 1.29 is 20.4 Å². The Morgan fingerprint density at radius 1 is 1.38 bits per heavy atom. The molecule has 2 nitrogen and oxygen atoms in total. The Bertz CT molecular complexity index is 178. The first-order chi connectivity index (χ1) is 3.39. The summed E-state index contributed by atoms with van der Waals surface area (Å²) in [6.07, 6.45) is 1.60. The van der Waals surface area contributed by atoms with Gasteiger partial charge in [-0.1, -0.05) is 6.07 Å². The van der Waals surface area contributed by atoms with Crippen LogP contribution in [0.25, 0.3) is 0 Å². The summed E-state index contributed by atoms with van der Waals surface area (Å²) < 4.78 is 0. The molecule has 1 N–H and O–H groups in total. The van der Waals surface area contributed by atoms with E-state index >= 15 is 0 Å². The predicted octanol–water partition coefficient (Wildman–Crippen LogP) is 0.372. The van der Waals surface area contributed by atoms with Crippen molar-refractivity contribution in [1.82, 2.24) is 4.98 Å². The molecule has 46 valence electrons. The topological polar surface area (TPSA) is 32.9 Å². The molecule has 0 bridgehead atoms. The zero-order valence-corrected chi connectivity index (χ0v) is 5.59. The Morgan fingerprint density at radius 3 is 2.38 bits per heavy atom. The quantitative estimate of drug-likeness (QED) is 0.605. The Hall–Kier alpha value is -0.388. The van der Waals surface area contributed by atoms with E-state index in [0.29, 0.717) is 0 Å². The summed E-state index contributed by atoms with van der Waals surface area (Å²) in [6.45, 7) is 0. The van der Waals surface area contributed by atoms with Gasteiger partial charge in [0.05, 0.1) is 0 Å². The largest absolute Gasteiger partial charge is 0.329 e. The molecule has 0 amide bonds. The van der Waals surface area contributed by atoms with Crippen molar-refractivity contribution in [2.45, 2.75) is 0 Å². The van der Waals surface area contributed by atoms with Crippen LogP contribution in [0.5, 0.6) is 0 Å². The summed E-state index contributed by atoms with van der Waals surface area (Å²) in [5.41, 5.74) is -0.0532. The zero-order chi connectivity index (χ0) is 5.11. The number of H-pyrrole nitrogens is 1. The smallest absolute Gasteiger partial charge is 0.247 e. The average Bonchev–Trinajstić information content (AvgIpc) is 1.69. The normalized spacial score (nSPS) is 7.50. The van der Waals surface area contributed by atoms with Crippen LogP contribution in [-0.2, 0) is 20.4 Å². The van der Waals surface area contributed by atoms with Crippen molar-refractivity contribution in [2.75, 3.05) is 0 Å². The van der Waals surface area contributed by atoms with Crippen molar-refractivity contribution in [3.8, 4) is 0 Å². The molecule has 0 aliphatic carbocycles. The first-order valence-corrected chi connectivity index (χ1v) is 2.03. The van der Waals surface area contributed by atoms with E-state index in [4.69, 9.17) is 0 Å². The summed E-state index contributed by atoms with van der Waals surface area (Å²) in [4.78, 5) is 12.7. The second-order valence-electron chi connectivity index (χ2n) is 1.23. The third-order valence-electron chi connectivity index (χ3n) is 0.681. The van der Waals surface area contributed by atoms with Crippen LogP contribution < -0.4 is 5.56 Å². The van der Waals surface area contributed by atoms with Gasteiger partial charge in [-0.2, -0.15) is 0 Å². The molecule has 1 heterocycles. The van der Waals surface area contributed by atoms with Gasteiger partial charge in [-0.25, -0.2) is 0 Å². The van der Waals surface area contributed by atoms with E-state index in [2.05, 4.69) is 4.98 Å². The first-order valence-electron chi connectivity index (χ1n) is 2.03. The van der Waals surface area contributed by atoms with E-state index in [9.17, 15) is 4.79 Å². The van der Waals surface area contributed by atoms with Crippen molar-refractivity contribution in [2.24, 2.45) is 0 Å². The van der Waals surface area contributed by atoms with Crippen LogP contribution in [0.2, 0.25) is 0 Å². The van der Waals surface area contributed by atoms with Crippen LogP contribution in [0.3, 0.4) is 0 Å². The van der Waals surface area contributed by atoms with Crippen LogP contribution in [0.1, 0.15) is 0 Å². The molecular weight excluding hydrogens is 196 g/mol. The van der Waals surface area contributed by atoms with Gasteiger partial charge in [0.2, 0.25) is 5.56 Å². The van der Waals surface area contributed by atoms with E-state index in [0.717, 1.165) is 0 Å². The number of nitrogens with one attached hydrogen (secondary N) is 1. The van der Waals surface area contributed by atoms with Crippen LogP contribution in [0.15, 0.2) is 29.2 Å². The minimum atomic E-state index is -0.0532. The molecule has 1 aromatic rings. The second kappa shape index (κ2) is 3.59. The predicted molar refractivity (Wildman–Crippen MR) is 27.1 cm³/mol. The molecule has 1 rings (SSSR count). The van der Waals surface area contributed by atoms with E-state index in [1.807, 2.05) is 0 Å². The maximum absolute atomic E-state index is 10.2. The van der Waals surface area contributed by atoms with Crippen molar-refractivity contribution in [3.05, 3.63) is 34.7 Å². The molecule has 0 saturated carbocycles. The second-order valence-corrected chi connectivity index (χ2v) is 1.23. The third kappa shape index (κ3) is 2.06. The molecular formula is C5H5NOPd. The van der Waals surface area contributed by atoms with Gasteiger partial charge in [-0.15, -0.1) is 0 Å². The van der Waals surface area contributed by atoms with E-state index < -0.39 is 0 Å². The Labute approximate surface area is 60.6 Å². The molecule has 0 aromatic carbocycles. The fourth-order valence-electron chi connectivity index (χ4n) is 0.377. The molecule has 0 spiro atoms. The first kappa shape index (κ1) is 7.61. The molecule has 3 heteroatoms. The number of hydrogen-bond donors (Lipinski definition) is 1. The third-order valence-corrected chi connectivity index (χ3v) is 0.681. The summed E-state index contributed by atoms with van der Waals surface area (Å²) in [5.74, 6) is 0. The molecule has 0 unspecified atom stereocenters. The van der Waals surface area contributed by atoms with E-state index in [1.54, 1.807) is 18.3 Å². The molecule has 0 atom stereocenters. The standard InChI is InChI=1S/C5H5NO.Pd/c7-5-3-1-2-4-6-5;/h1-4H,(H,6,7);. The van der Waals surface area contributed by atoms with Crippen LogP contribution >= 0.6 is 0 Å². The monoisotopic (exact) mass is 201 g/mol. The number of aromatic nitrogens is 1. The van der Waals surface area contributed by atoms with Crippen molar-refractivity contribution >= 4 is 0 Å². The molecule has 8 heavy (non-hydrogen) atoms. The Morgan fingerprint density at radius 2 is 2.12 bits per heavy atom. The van der Waals surface area contributed by atoms with Gasteiger partial charge in [0.15, 0.2) is 0 Å². The molecule has 0 saturated heterocycles. The number of rotatable bonds is 0. The zero-order valence-electron chi connectivity index (χ0n) is 4.03. The van der Waals surface area contributed by atoms with Gasteiger partial charge >= 0.3 is 0 Å². The maximum atomic E-state index is 10.2.